The zero-order chi connectivity index (χ0) is 21.4. The maximum atomic E-state index is 12.7. The van der Waals surface area contributed by atoms with Gasteiger partial charge in [0.2, 0.25) is 5.91 Å². The van der Waals surface area contributed by atoms with Gasteiger partial charge in [-0.2, -0.15) is 0 Å². The molecule has 2 aromatic carbocycles. The average Bonchev–Trinajstić information content (AvgIpc) is 3.48. The summed E-state index contributed by atoms with van der Waals surface area (Å²) in [5.41, 5.74) is 4.22. The quantitative estimate of drug-likeness (QED) is 0.526. The van der Waals surface area contributed by atoms with Crippen molar-refractivity contribution in [1.82, 2.24) is 5.32 Å². The fourth-order valence-electron chi connectivity index (χ4n) is 4.55. The van der Waals surface area contributed by atoms with Gasteiger partial charge < -0.3 is 29.3 Å². The summed E-state index contributed by atoms with van der Waals surface area (Å²) in [6.45, 7) is 1.76. The molecule has 1 unspecified atom stereocenters. The minimum atomic E-state index is -1.69. The lowest BCUT2D eigenvalue weighted by Gasteiger charge is -2.22. The second-order valence-corrected chi connectivity index (χ2v) is 8.30. The van der Waals surface area contributed by atoms with E-state index in [1.165, 1.54) is 0 Å². The molecule has 2 aliphatic rings. The molecule has 2 atom stereocenters. The fraction of sp³-hybridized carbons (Fsp3) is 0.348. The van der Waals surface area contributed by atoms with Crippen molar-refractivity contribution in [3.8, 4) is 0 Å². The van der Waals surface area contributed by atoms with Gasteiger partial charge in [0, 0.05) is 18.4 Å². The SMILES string of the molecule is O=C(Cc1ccc2c(c1)C1(CCOC1)OC2)N[C@@H](Cc1coc2ccccc12)B(O)O. The van der Waals surface area contributed by atoms with E-state index in [1.807, 2.05) is 42.5 Å². The molecule has 7 nitrogen and oxygen atoms in total. The molecule has 160 valence electrons. The third-order valence-corrected chi connectivity index (χ3v) is 6.23. The molecule has 2 aliphatic heterocycles. The Morgan fingerprint density at radius 2 is 2.10 bits per heavy atom. The summed E-state index contributed by atoms with van der Waals surface area (Å²) >= 11 is 0. The smallest absolute Gasteiger partial charge is 0.464 e. The van der Waals surface area contributed by atoms with E-state index in [0.29, 0.717) is 19.8 Å². The summed E-state index contributed by atoms with van der Waals surface area (Å²) in [5.74, 6) is -1.12. The lowest BCUT2D eigenvalue weighted by Crippen LogP contribution is -2.48. The largest absolute Gasteiger partial charge is 0.475 e. The van der Waals surface area contributed by atoms with Crippen LogP contribution in [0, 0.1) is 0 Å². The van der Waals surface area contributed by atoms with Gasteiger partial charge in [0.1, 0.15) is 11.2 Å². The summed E-state index contributed by atoms with van der Waals surface area (Å²) in [5, 5.41) is 23.3. The van der Waals surface area contributed by atoms with E-state index < -0.39 is 18.7 Å². The number of carbonyl (C=O) groups is 1. The summed E-state index contributed by atoms with van der Waals surface area (Å²) in [6.07, 6.45) is 2.79. The molecule has 8 heteroatoms. The number of benzene rings is 2. The van der Waals surface area contributed by atoms with Crippen LogP contribution in [0.4, 0.5) is 0 Å². The van der Waals surface area contributed by atoms with Gasteiger partial charge in [-0.25, -0.2) is 0 Å². The first kappa shape index (κ1) is 20.3. The first-order chi connectivity index (χ1) is 15.0. The molecule has 0 radical (unpaired) electrons. The zero-order valence-electron chi connectivity index (χ0n) is 17.0. The molecule has 1 saturated heterocycles. The first-order valence-electron chi connectivity index (χ1n) is 10.5. The molecule has 3 N–H and O–H groups in total. The number of amides is 1. The Hall–Kier alpha value is -2.65. The third-order valence-electron chi connectivity index (χ3n) is 6.23. The van der Waals surface area contributed by atoms with E-state index in [-0.39, 0.29) is 18.7 Å². The second-order valence-electron chi connectivity index (χ2n) is 8.30. The number of nitrogens with one attached hydrogen (secondary N) is 1. The van der Waals surface area contributed by atoms with Crippen molar-refractivity contribution in [2.45, 2.75) is 37.4 Å². The van der Waals surface area contributed by atoms with Crippen LogP contribution in [0.2, 0.25) is 0 Å². The van der Waals surface area contributed by atoms with E-state index >= 15 is 0 Å². The molecule has 0 saturated carbocycles. The van der Waals surface area contributed by atoms with Gasteiger partial charge in [-0.3, -0.25) is 4.79 Å². The molecule has 3 heterocycles. The lowest BCUT2D eigenvalue weighted by molar-refractivity contribution is -0.120. The maximum absolute atomic E-state index is 12.7. The van der Waals surface area contributed by atoms with Gasteiger partial charge >= 0.3 is 7.12 Å². The number of hydrogen-bond donors (Lipinski definition) is 3. The van der Waals surface area contributed by atoms with E-state index in [9.17, 15) is 14.8 Å². The van der Waals surface area contributed by atoms with Crippen molar-refractivity contribution in [2.24, 2.45) is 0 Å². The standard InChI is InChI=1S/C23H24BNO6/c26-22(10-15-5-6-16-13-31-23(19(16)9-15)7-8-29-14-23)25-21(24(27)28)11-17-12-30-20-4-2-1-3-18(17)20/h1-6,9,12,21,27-28H,7-8,10-11,13-14H2,(H,25,26)/t21-,23?/m0/s1. The van der Waals surface area contributed by atoms with Crippen LogP contribution < -0.4 is 5.32 Å². The van der Waals surface area contributed by atoms with Gasteiger partial charge in [0.25, 0.3) is 0 Å². The van der Waals surface area contributed by atoms with Gasteiger partial charge in [-0.05, 0) is 34.7 Å². The summed E-state index contributed by atoms with van der Waals surface area (Å²) in [7, 11) is -1.69. The van der Waals surface area contributed by atoms with Crippen LogP contribution in [-0.4, -0.2) is 42.2 Å². The Labute approximate surface area is 180 Å². The van der Waals surface area contributed by atoms with Gasteiger partial charge in [0.05, 0.1) is 31.8 Å². The van der Waals surface area contributed by atoms with Crippen LogP contribution in [-0.2, 0) is 39.3 Å². The van der Waals surface area contributed by atoms with Crippen LogP contribution in [0.1, 0.15) is 28.7 Å². The summed E-state index contributed by atoms with van der Waals surface area (Å²) in [6, 6.07) is 13.5. The van der Waals surface area contributed by atoms with Gasteiger partial charge in [0.15, 0.2) is 0 Å². The highest BCUT2D eigenvalue weighted by atomic mass is 16.6. The van der Waals surface area contributed by atoms with Gasteiger partial charge in [-0.15, -0.1) is 0 Å². The Bertz CT molecular complexity index is 1100. The van der Waals surface area contributed by atoms with E-state index in [1.54, 1.807) is 6.26 Å². The molecule has 1 spiro atoms. The predicted molar refractivity (Wildman–Crippen MR) is 114 cm³/mol. The van der Waals surface area contributed by atoms with Crippen molar-refractivity contribution in [3.63, 3.8) is 0 Å². The number of carbonyl (C=O) groups excluding carboxylic acids is 1. The van der Waals surface area contributed by atoms with Crippen molar-refractivity contribution < 1.29 is 28.7 Å². The third kappa shape index (κ3) is 3.88. The average molecular weight is 421 g/mol. The molecule has 3 aromatic rings. The first-order valence-corrected chi connectivity index (χ1v) is 10.5. The minimum absolute atomic E-state index is 0.138. The topological polar surface area (TPSA) is 101 Å². The van der Waals surface area contributed by atoms with Crippen LogP contribution in [0.25, 0.3) is 11.0 Å². The molecule has 1 amide bonds. The molecule has 0 bridgehead atoms. The molecule has 5 rings (SSSR count). The number of rotatable bonds is 6. The van der Waals surface area contributed by atoms with Crippen molar-refractivity contribution in [3.05, 3.63) is 71.0 Å². The van der Waals surface area contributed by atoms with E-state index in [2.05, 4.69) is 5.32 Å². The van der Waals surface area contributed by atoms with Crippen molar-refractivity contribution in [1.29, 1.82) is 0 Å². The highest BCUT2D eigenvalue weighted by molar-refractivity contribution is 6.43. The van der Waals surface area contributed by atoms with Crippen molar-refractivity contribution >= 4 is 24.0 Å². The molecule has 1 fully saturated rings. The Kier molecular flexibility index (Phi) is 5.31. The van der Waals surface area contributed by atoms with E-state index in [4.69, 9.17) is 13.9 Å². The monoisotopic (exact) mass is 421 g/mol. The fourth-order valence-corrected chi connectivity index (χ4v) is 4.55. The minimum Gasteiger partial charge on any atom is -0.464 e. The number of ether oxygens (including phenoxy) is 2. The predicted octanol–water partition coefficient (Wildman–Crippen LogP) is 1.86. The Morgan fingerprint density at radius 1 is 1.23 bits per heavy atom. The second kappa shape index (κ2) is 8.13. The Balaban J connectivity index is 1.29. The van der Waals surface area contributed by atoms with Crippen LogP contribution in [0.3, 0.4) is 0 Å². The summed E-state index contributed by atoms with van der Waals surface area (Å²) < 4.78 is 17.1. The normalized spacial score (nSPS) is 20.8. The molecular formula is C23H24BNO6. The number of fused-ring (bicyclic) bond motifs is 3. The van der Waals surface area contributed by atoms with Crippen molar-refractivity contribution in [2.75, 3.05) is 13.2 Å². The molecule has 31 heavy (non-hydrogen) atoms. The maximum Gasteiger partial charge on any atom is 0.475 e. The van der Waals surface area contributed by atoms with Crippen LogP contribution >= 0.6 is 0 Å². The summed E-state index contributed by atoms with van der Waals surface area (Å²) in [4.78, 5) is 12.7. The molecule has 0 aliphatic carbocycles. The molecule has 1 aromatic heterocycles. The molecular weight excluding hydrogens is 397 g/mol. The number of para-hydroxylation sites is 1. The highest BCUT2D eigenvalue weighted by Crippen LogP contribution is 2.42. The Morgan fingerprint density at radius 3 is 2.90 bits per heavy atom. The number of furan rings is 1. The van der Waals surface area contributed by atoms with Gasteiger partial charge in [-0.1, -0.05) is 36.4 Å². The number of hydrogen-bond acceptors (Lipinski definition) is 6. The lowest BCUT2D eigenvalue weighted by atomic mass is 9.75. The zero-order valence-corrected chi connectivity index (χ0v) is 17.0. The van der Waals surface area contributed by atoms with E-state index in [0.717, 1.165) is 39.6 Å². The highest BCUT2D eigenvalue weighted by Gasteiger charge is 2.43. The van der Waals surface area contributed by atoms with Crippen LogP contribution in [0.5, 0.6) is 0 Å². The van der Waals surface area contributed by atoms with Crippen LogP contribution in [0.15, 0.2) is 53.1 Å².